The molecule has 0 aliphatic heterocycles. The van der Waals surface area contributed by atoms with Crippen molar-refractivity contribution in [3.63, 3.8) is 0 Å². The second-order valence-corrected chi connectivity index (χ2v) is 20.6. The predicted octanol–water partition coefficient (Wildman–Crippen LogP) is 12.4. The van der Waals surface area contributed by atoms with Gasteiger partial charge in [-0.25, -0.2) is 0 Å². The third-order valence-corrected chi connectivity index (χ3v) is 18.4. The normalized spacial score (nSPS) is 12.1. The number of rotatable bonds is 7. The number of para-hydroxylation sites is 4. The molecule has 0 saturated heterocycles. The first-order chi connectivity index (χ1) is 31.8. The van der Waals surface area contributed by atoms with Gasteiger partial charge in [-0.1, -0.05) is 182 Å². The van der Waals surface area contributed by atoms with Gasteiger partial charge in [0, 0.05) is 43.7 Å². The van der Waals surface area contributed by atoms with Gasteiger partial charge in [-0.2, -0.15) is 0 Å². The van der Waals surface area contributed by atoms with E-state index in [0.29, 0.717) is 0 Å². The van der Waals surface area contributed by atoms with Crippen LogP contribution in [-0.4, -0.2) is 21.8 Å². The van der Waals surface area contributed by atoms with Crippen LogP contribution in [0.1, 0.15) is 0 Å². The standard InChI is InChI=1S/C60H41N3Si/c1-5-21-42(22-6-1)61-54-40-39-43(62-51-32-16-13-29-47(51)48-30-14-17-33-52(48)62)41-50(54)59-55(61)35-19-36-56(59)63-53-34-18-15-31-49(53)60-57(63)37-20-38-58(60)64(44-23-7-2-8-24-44,45-25-9-3-10-26-45)46-27-11-4-12-28-46/h1-41H. The van der Waals surface area contributed by atoms with E-state index in [1.807, 2.05) is 0 Å². The fourth-order valence-corrected chi connectivity index (χ4v) is 16.0. The summed E-state index contributed by atoms with van der Waals surface area (Å²) in [6.45, 7) is 0. The summed E-state index contributed by atoms with van der Waals surface area (Å²) >= 11 is 0. The van der Waals surface area contributed by atoms with Crippen LogP contribution in [0.5, 0.6) is 0 Å². The molecule has 0 aliphatic carbocycles. The van der Waals surface area contributed by atoms with E-state index >= 15 is 0 Å². The average molecular weight is 832 g/mol. The fourth-order valence-electron chi connectivity index (χ4n) is 11.0. The molecule has 3 heterocycles. The molecule has 0 radical (unpaired) electrons. The SMILES string of the molecule is c1ccc(-n2c3ccc(-n4c5ccccc5c5ccccc54)cc3c3c(-n4c5ccccc5c5c([Si](c6ccccc6)(c6ccccc6)c6ccccc6)cccc54)cccc32)cc1. The zero-order chi connectivity index (χ0) is 42.2. The van der Waals surface area contributed by atoms with Crippen LogP contribution in [0.3, 0.4) is 0 Å². The van der Waals surface area contributed by atoms with Crippen LogP contribution in [0.4, 0.5) is 0 Å². The van der Waals surface area contributed by atoms with Gasteiger partial charge in [-0.05, 0) is 87.5 Å². The number of nitrogens with zero attached hydrogens (tertiary/aromatic N) is 3. The van der Waals surface area contributed by atoms with Crippen LogP contribution in [-0.2, 0) is 0 Å². The fraction of sp³-hybridized carbons (Fsp3) is 0. The van der Waals surface area contributed by atoms with Crippen molar-refractivity contribution in [1.82, 2.24) is 13.7 Å². The van der Waals surface area contributed by atoms with E-state index in [1.165, 1.54) is 86.2 Å². The maximum Gasteiger partial charge on any atom is 0.180 e. The number of hydrogen-bond donors (Lipinski definition) is 0. The van der Waals surface area contributed by atoms with Gasteiger partial charge < -0.3 is 13.7 Å². The van der Waals surface area contributed by atoms with Crippen LogP contribution in [0.25, 0.3) is 82.5 Å². The quantitative estimate of drug-likeness (QED) is 0.112. The van der Waals surface area contributed by atoms with Gasteiger partial charge in [0.2, 0.25) is 0 Å². The molecule has 13 rings (SSSR count). The zero-order valence-electron chi connectivity index (χ0n) is 35.0. The summed E-state index contributed by atoms with van der Waals surface area (Å²) in [5.74, 6) is 0. The molecule has 0 bridgehead atoms. The lowest BCUT2D eigenvalue weighted by molar-refractivity contribution is 1.16. The van der Waals surface area contributed by atoms with Crippen LogP contribution in [0.15, 0.2) is 249 Å². The highest BCUT2D eigenvalue weighted by atomic mass is 28.3. The van der Waals surface area contributed by atoms with E-state index in [-0.39, 0.29) is 0 Å². The second kappa shape index (κ2) is 14.5. The maximum atomic E-state index is 2.55. The first kappa shape index (κ1) is 36.5. The lowest BCUT2D eigenvalue weighted by atomic mass is 10.1. The summed E-state index contributed by atoms with van der Waals surface area (Å²) < 4.78 is 7.44. The van der Waals surface area contributed by atoms with Crippen molar-refractivity contribution in [3.05, 3.63) is 249 Å². The molecule has 0 fully saturated rings. The Morgan fingerprint density at radius 3 is 1.25 bits per heavy atom. The van der Waals surface area contributed by atoms with Crippen molar-refractivity contribution >= 4 is 94.2 Å². The molecule has 300 valence electrons. The lowest BCUT2D eigenvalue weighted by Gasteiger charge is -2.35. The number of benzene rings is 10. The van der Waals surface area contributed by atoms with E-state index in [0.717, 1.165) is 17.1 Å². The number of aromatic nitrogens is 3. The Morgan fingerprint density at radius 1 is 0.250 bits per heavy atom. The van der Waals surface area contributed by atoms with Crippen LogP contribution in [0, 0.1) is 0 Å². The molecule has 13 aromatic rings. The molecule has 0 N–H and O–H groups in total. The summed E-state index contributed by atoms with van der Waals surface area (Å²) in [7, 11) is -2.91. The molecular formula is C60H41N3Si. The highest BCUT2D eigenvalue weighted by Crippen LogP contribution is 2.42. The Kier molecular flexibility index (Phi) is 8.23. The van der Waals surface area contributed by atoms with Crippen molar-refractivity contribution in [2.24, 2.45) is 0 Å². The van der Waals surface area contributed by atoms with Crippen molar-refractivity contribution in [2.75, 3.05) is 0 Å². The van der Waals surface area contributed by atoms with E-state index in [9.17, 15) is 0 Å². The monoisotopic (exact) mass is 831 g/mol. The highest BCUT2D eigenvalue weighted by Gasteiger charge is 2.43. The summed E-state index contributed by atoms with van der Waals surface area (Å²) in [6.07, 6.45) is 0. The smallest absolute Gasteiger partial charge is 0.180 e. The third-order valence-electron chi connectivity index (χ3n) is 13.6. The van der Waals surface area contributed by atoms with Gasteiger partial charge >= 0.3 is 0 Å². The molecular weight excluding hydrogens is 791 g/mol. The van der Waals surface area contributed by atoms with Gasteiger partial charge in [-0.3, -0.25) is 0 Å². The lowest BCUT2D eigenvalue weighted by Crippen LogP contribution is -2.74. The highest BCUT2D eigenvalue weighted by molar-refractivity contribution is 7.20. The van der Waals surface area contributed by atoms with Crippen LogP contribution >= 0.6 is 0 Å². The van der Waals surface area contributed by atoms with Crippen LogP contribution in [0.2, 0.25) is 0 Å². The zero-order valence-corrected chi connectivity index (χ0v) is 36.0. The Balaban J connectivity index is 1.17. The van der Waals surface area contributed by atoms with Crippen LogP contribution < -0.4 is 20.7 Å². The first-order valence-corrected chi connectivity index (χ1v) is 24.1. The molecule has 0 saturated carbocycles. The first-order valence-electron chi connectivity index (χ1n) is 22.1. The second-order valence-electron chi connectivity index (χ2n) is 16.8. The Hall–Kier alpha value is -8.18. The van der Waals surface area contributed by atoms with Gasteiger partial charge in [0.1, 0.15) is 0 Å². The topological polar surface area (TPSA) is 14.8 Å². The predicted molar refractivity (Wildman–Crippen MR) is 273 cm³/mol. The molecule has 4 heteroatoms. The molecule has 3 nitrogen and oxygen atoms in total. The summed E-state index contributed by atoms with van der Waals surface area (Å²) in [5, 5.41) is 13.0. The molecule has 10 aromatic carbocycles. The molecule has 0 unspecified atom stereocenters. The summed E-state index contributed by atoms with van der Waals surface area (Å²) in [5.41, 5.74) is 10.6. The van der Waals surface area contributed by atoms with Crippen molar-refractivity contribution in [2.45, 2.75) is 0 Å². The average Bonchev–Trinajstić information content (AvgIpc) is 4.01. The third kappa shape index (κ3) is 5.21. The molecule has 0 spiro atoms. The van der Waals surface area contributed by atoms with Gasteiger partial charge in [0.15, 0.2) is 8.07 Å². The molecule has 3 aromatic heterocycles. The van der Waals surface area contributed by atoms with E-state index < -0.39 is 8.07 Å². The number of hydrogen-bond acceptors (Lipinski definition) is 0. The molecule has 0 atom stereocenters. The number of fused-ring (bicyclic) bond motifs is 9. The molecule has 64 heavy (non-hydrogen) atoms. The molecule has 0 amide bonds. The van der Waals surface area contributed by atoms with Gasteiger partial charge in [0.25, 0.3) is 0 Å². The van der Waals surface area contributed by atoms with Crippen molar-refractivity contribution in [3.8, 4) is 17.1 Å². The molecule has 0 aliphatic rings. The Bertz CT molecular complexity index is 3730. The van der Waals surface area contributed by atoms with Gasteiger partial charge in [-0.15, -0.1) is 0 Å². The minimum Gasteiger partial charge on any atom is -0.309 e. The maximum absolute atomic E-state index is 2.91. The Morgan fingerprint density at radius 2 is 0.672 bits per heavy atom. The minimum atomic E-state index is -2.91. The van der Waals surface area contributed by atoms with E-state index in [1.54, 1.807) is 0 Å². The summed E-state index contributed by atoms with van der Waals surface area (Å²) in [6, 6.07) is 92.3. The van der Waals surface area contributed by atoms with E-state index in [4.69, 9.17) is 0 Å². The van der Waals surface area contributed by atoms with Crippen molar-refractivity contribution in [1.29, 1.82) is 0 Å². The van der Waals surface area contributed by atoms with Crippen molar-refractivity contribution < 1.29 is 0 Å². The van der Waals surface area contributed by atoms with E-state index in [2.05, 4.69) is 262 Å². The Labute approximate surface area is 372 Å². The largest absolute Gasteiger partial charge is 0.309 e. The van der Waals surface area contributed by atoms with Gasteiger partial charge in [0.05, 0.1) is 38.8 Å². The minimum absolute atomic E-state index is 1.14. The summed E-state index contributed by atoms with van der Waals surface area (Å²) in [4.78, 5) is 0.